The zero-order valence-corrected chi connectivity index (χ0v) is 11.5. The molecule has 0 aromatic heterocycles. The van der Waals surface area contributed by atoms with Gasteiger partial charge in [0.15, 0.2) is 0 Å². The number of benzene rings is 1. The van der Waals surface area contributed by atoms with Crippen LogP contribution in [0.15, 0.2) is 18.2 Å². The van der Waals surface area contributed by atoms with Gasteiger partial charge in [-0.1, -0.05) is 17.7 Å². The van der Waals surface area contributed by atoms with Crippen molar-refractivity contribution in [1.29, 1.82) is 0 Å². The molecular weight excluding hydrogens is 254 g/mol. The summed E-state index contributed by atoms with van der Waals surface area (Å²) in [6.45, 7) is 4.40. The van der Waals surface area contributed by atoms with Crippen LogP contribution in [0.3, 0.4) is 0 Å². The second-order valence-electron chi connectivity index (χ2n) is 4.92. The maximum Gasteiger partial charge on any atom is 0.254 e. The molecule has 1 amide bonds. The quantitative estimate of drug-likeness (QED) is 0.847. The van der Waals surface area contributed by atoms with Gasteiger partial charge in [0.25, 0.3) is 5.91 Å². The molecule has 0 saturated carbocycles. The second kappa shape index (κ2) is 4.78. The first kappa shape index (κ1) is 13.2. The summed E-state index contributed by atoms with van der Waals surface area (Å²) in [4.78, 5) is 17.5. The predicted molar refractivity (Wildman–Crippen MR) is 68.3 cm³/mol. The second-order valence-corrected chi connectivity index (χ2v) is 5.33. The Hall–Kier alpha value is -1.26. The average molecular weight is 270 g/mol. The lowest BCUT2D eigenvalue weighted by atomic mass is 9.95. The number of ether oxygens (including phenoxy) is 1. The van der Waals surface area contributed by atoms with Crippen LogP contribution in [-0.4, -0.2) is 24.7 Å². The first-order valence-corrected chi connectivity index (χ1v) is 6.10. The van der Waals surface area contributed by atoms with E-state index in [-0.39, 0.29) is 5.91 Å². The fourth-order valence-electron chi connectivity index (χ4n) is 1.84. The standard InChI is InChI=1S/C13H16ClNO3/c1-13(2)8-18-15(12(13)16)7-9-10(14)5-4-6-11(9)17-3/h4-6H,7-8H2,1-3H3. The Morgan fingerprint density at radius 1 is 1.50 bits per heavy atom. The summed E-state index contributed by atoms with van der Waals surface area (Å²) < 4.78 is 5.25. The summed E-state index contributed by atoms with van der Waals surface area (Å²) >= 11 is 6.13. The van der Waals surface area contributed by atoms with Crippen molar-refractivity contribution in [3.05, 3.63) is 28.8 Å². The fraction of sp³-hybridized carbons (Fsp3) is 0.462. The summed E-state index contributed by atoms with van der Waals surface area (Å²) in [7, 11) is 1.58. The summed E-state index contributed by atoms with van der Waals surface area (Å²) in [5.74, 6) is 0.619. The highest BCUT2D eigenvalue weighted by Crippen LogP contribution is 2.32. The van der Waals surface area contributed by atoms with Crippen LogP contribution in [0.1, 0.15) is 19.4 Å². The van der Waals surface area contributed by atoms with Crippen LogP contribution in [0, 0.1) is 5.41 Å². The number of hydrogen-bond acceptors (Lipinski definition) is 3. The molecule has 2 rings (SSSR count). The molecule has 4 nitrogen and oxygen atoms in total. The van der Waals surface area contributed by atoms with E-state index in [2.05, 4.69) is 0 Å². The number of methoxy groups -OCH3 is 1. The number of carbonyl (C=O) groups is 1. The number of rotatable bonds is 3. The van der Waals surface area contributed by atoms with Crippen molar-refractivity contribution in [2.45, 2.75) is 20.4 Å². The van der Waals surface area contributed by atoms with E-state index in [1.54, 1.807) is 19.2 Å². The Morgan fingerprint density at radius 2 is 2.22 bits per heavy atom. The molecule has 1 saturated heterocycles. The topological polar surface area (TPSA) is 38.8 Å². The lowest BCUT2D eigenvalue weighted by Crippen LogP contribution is -2.30. The Kier molecular flexibility index (Phi) is 3.50. The minimum Gasteiger partial charge on any atom is -0.496 e. The van der Waals surface area contributed by atoms with Crippen molar-refractivity contribution in [2.75, 3.05) is 13.7 Å². The third-order valence-corrected chi connectivity index (χ3v) is 3.34. The van der Waals surface area contributed by atoms with Crippen molar-refractivity contribution >= 4 is 17.5 Å². The Bertz CT molecular complexity index is 473. The van der Waals surface area contributed by atoms with Crippen LogP contribution in [-0.2, 0) is 16.2 Å². The van der Waals surface area contributed by atoms with Crippen molar-refractivity contribution in [2.24, 2.45) is 5.41 Å². The highest BCUT2D eigenvalue weighted by Gasteiger charge is 2.40. The van der Waals surface area contributed by atoms with Gasteiger partial charge in [0.1, 0.15) is 5.75 Å². The lowest BCUT2D eigenvalue weighted by molar-refractivity contribution is -0.165. The van der Waals surface area contributed by atoms with Gasteiger partial charge < -0.3 is 4.74 Å². The molecule has 1 fully saturated rings. The molecule has 5 heteroatoms. The van der Waals surface area contributed by atoms with Crippen molar-refractivity contribution in [1.82, 2.24) is 5.06 Å². The number of carbonyl (C=O) groups excluding carboxylic acids is 1. The minimum atomic E-state index is -0.478. The highest BCUT2D eigenvalue weighted by atomic mass is 35.5. The van der Waals surface area contributed by atoms with Gasteiger partial charge in [0, 0.05) is 10.6 Å². The molecule has 1 aliphatic heterocycles. The zero-order valence-electron chi connectivity index (χ0n) is 10.7. The van der Waals surface area contributed by atoms with E-state index < -0.39 is 5.41 Å². The summed E-state index contributed by atoms with van der Waals surface area (Å²) in [6, 6.07) is 5.39. The van der Waals surface area contributed by atoms with Crippen molar-refractivity contribution < 1.29 is 14.4 Å². The molecule has 98 valence electrons. The molecule has 1 heterocycles. The maximum absolute atomic E-state index is 12.1. The fourth-order valence-corrected chi connectivity index (χ4v) is 2.07. The normalized spacial score (nSPS) is 18.2. The van der Waals surface area contributed by atoms with E-state index in [0.29, 0.717) is 23.9 Å². The molecule has 0 atom stereocenters. The SMILES string of the molecule is COc1cccc(Cl)c1CN1OCC(C)(C)C1=O. The van der Waals surface area contributed by atoms with Crippen molar-refractivity contribution in [3.63, 3.8) is 0 Å². The number of hydrogen-bond donors (Lipinski definition) is 0. The molecule has 0 unspecified atom stereocenters. The average Bonchev–Trinajstić information content (AvgIpc) is 2.58. The van der Waals surface area contributed by atoms with Gasteiger partial charge in [-0.05, 0) is 26.0 Å². The van der Waals surface area contributed by atoms with E-state index >= 15 is 0 Å². The Labute approximate surface area is 111 Å². The van der Waals surface area contributed by atoms with Crippen LogP contribution < -0.4 is 4.74 Å². The predicted octanol–water partition coefficient (Wildman–Crippen LogP) is 2.65. The van der Waals surface area contributed by atoms with Gasteiger partial charge in [-0.25, -0.2) is 5.06 Å². The van der Waals surface area contributed by atoms with Gasteiger partial charge >= 0.3 is 0 Å². The van der Waals surface area contributed by atoms with Crippen LogP contribution in [0.4, 0.5) is 0 Å². The van der Waals surface area contributed by atoms with Crippen molar-refractivity contribution in [3.8, 4) is 5.75 Å². The van der Waals surface area contributed by atoms with Gasteiger partial charge in [0.05, 0.1) is 25.7 Å². The van der Waals surface area contributed by atoms with Crippen LogP contribution >= 0.6 is 11.6 Å². The third kappa shape index (κ3) is 2.31. The number of hydroxylamine groups is 2. The number of nitrogens with zero attached hydrogens (tertiary/aromatic N) is 1. The number of halogens is 1. The van der Waals surface area contributed by atoms with Gasteiger partial charge in [-0.3, -0.25) is 9.63 Å². The largest absolute Gasteiger partial charge is 0.496 e. The van der Waals surface area contributed by atoms with Crippen LogP contribution in [0.5, 0.6) is 5.75 Å². The minimum absolute atomic E-state index is 0.0375. The van der Waals surface area contributed by atoms with Crippen LogP contribution in [0.2, 0.25) is 5.02 Å². The van der Waals surface area contributed by atoms with Gasteiger partial charge in [-0.2, -0.15) is 0 Å². The lowest BCUT2D eigenvalue weighted by Gasteiger charge is -2.18. The van der Waals surface area contributed by atoms with E-state index in [1.807, 2.05) is 19.9 Å². The molecule has 18 heavy (non-hydrogen) atoms. The molecule has 0 N–H and O–H groups in total. The zero-order chi connectivity index (χ0) is 13.3. The summed E-state index contributed by atoms with van der Waals surface area (Å²) in [6.07, 6.45) is 0. The third-order valence-electron chi connectivity index (χ3n) is 2.98. The number of amides is 1. The molecule has 0 radical (unpaired) electrons. The van der Waals surface area contributed by atoms with Crippen LogP contribution in [0.25, 0.3) is 0 Å². The summed E-state index contributed by atoms with van der Waals surface area (Å²) in [5.41, 5.74) is 0.279. The molecule has 0 bridgehead atoms. The van der Waals surface area contributed by atoms with E-state index in [1.165, 1.54) is 5.06 Å². The molecule has 1 aliphatic rings. The smallest absolute Gasteiger partial charge is 0.254 e. The first-order valence-electron chi connectivity index (χ1n) is 5.72. The molecule has 0 spiro atoms. The Balaban J connectivity index is 2.23. The first-order chi connectivity index (χ1) is 8.45. The molecular formula is C13H16ClNO3. The highest BCUT2D eigenvalue weighted by molar-refractivity contribution is 6.31. The summed E-state index contributed by atoms with van der Waals surface area (Å²) in [5, 5.41) is 1.92. The monoisotopic (exact) mass is 269 g/mol. The van der Waals surface area contributed by atoms with E-state index in [0.717, 1.165) is 5.56 Å². The molecule has 1 aromatic rings. The van der Waals surface area contributed by atoms with Gasteiger partial charge in [0.2, 0.25) is 0 Å². The van der Waals surface area contributed by atoms with E-state index in [9.17, 15) is 4.79 Å². The molecule has 0 aliphatic carbocycles. The van der Waals surface area contributed by atoms with E-state index in [4.69, 9.17) is 21.2 Å². The molecule has 1 aromatic carbocycles. The maximum atomic E-state index is 12.1. The van der Waals surface area contributed by atoms with Gasteiger partial charge in [-0.15, -0.1) is 0 Å². The Morgan fingerprint density at radius 3 is 2.78 bits per heavy atom.